The largest absolute Gasteiger partial charge is 0.366 e. The summed E-state index contributed by atoms with van der Waals surface area (Å²) in [4.78, 5) is 14.8. The van der Waals surface area contributed by atoms with Gasteiger partial charge < -0.3 is 10.1 Å². The Bertz CT molecular complexity index is 790. The van der Waals surface area contributed by atoms with E-state index in [1.807, 2.05) is 23.7 Å². The lowest BCUT2D eigenvalue weighted by Crippen LogP contribution is -2.47. The highest BCUT2D eigenvalue weighted by molar-refractivity contribution is 6.33. The predicted molar refractivity (Wildman–Crippen MR) is 102 cm³/mol. The SMILES string of the molecule is CCn1nc(C)c(CN2CCOC(C(=O)Nc3ccccc3Cl)C2)c1C. The number of carbonyl (C=O) groups is 1. The lowest BCUT2D eigenvalue weighted by Gasteiger charge is -2.32. The fourth-order valence-electron chi connectivity index (χ4n) is 3.27. The Kier molecular flexibility index (Phi) is 5.96. The van der Waals surface area contributed by atoms with Crippen molar-refractivity contribution < 1.29 is 9.53 Å². The Labute approximate surface area is 159 Å². The lowest BCUT2D eigenvalue weighted by atomic mass is 10.1. The molecule has 1 amide bonds. The van der Waals surface area contributed by atoms with E-state index < -0.39 is 6.10 Å². The average molecular weight is 377 g/mol. The van der Waals surface area contributed by atoms with Gasteiger partial charge in [0.2, 0.25) is 0 Å². The maximum absolute atomic E-state index is 12.6. The molecule has 1 aromatic carbocycles. The number of amides is 1. The monoisotopic (exact) mass is 376 g/mol. The van der Waals surface area contributed by atoms with E-state index in [0.29, 0.717) is 23.9 Å². The third kappa shape index (κ3) is 4.09. The second-order valence-corrected chi connectivity index (χ2v) is 6.94. The third-order valence-corrected chi connectivity index (χ3v) is 5.12. The van der Waals surface area contributed by atoms with Crippen molar-refractivity contribution in [1.82, 2.24) is 14.7 Å². The molecular weight excluding hydrogens is 352 g/mol. The smallest absolute Gasteiger partial charge is 0.254 e. The van der Waals surface area contributed by atoms with Crippen molar-refractivity contribution in [2.45, 2.75) is 40.0 Å². The molecule has 1 unspecified atom stereocenters. The predicted octanol–water partition coefficient (Wildman–Crippen LogP) is 3.01. The summed E-state index contributed by atoms with van der Waals surface area (Å²) in [5.74, 6) is -0.166. The van der Waals surface area contributed by atoms with Crippen molar-refractivity contribution in [1.29, 1.82) is 0 Å². The molecule has 1 N–H and O–H groups in total. The van der Waals surface area contributed by atoms with Crippen molar-refractivity contribution >= 4 is 23.2 Å². The van der Waals surface area contributed by atoms with Crippen LogP contribution >= 0.6 is 11.6 Å². The van der Waals surface area contributed by atoms with Crippen LogP contribution in [0.1, 0.15) is 23.9 Å². The van der Waals surface area contributed by atoms with E-state index in [2.05, 4.69) is 29.2 Å². The summed E-state index contributed by atoms with van der Waals surface area (Å²) in [5, 5.41) is 7.96. The van der Waals surface area contributed by atoms with Crippen molar-refractivity contribution in [2.75, 3.05) is 25.0 Å². The Hall–Kier alpha value is -1.89. The van der Waals surface area contributed by atoms with Gasteiger partial charge in [0.1, 0.15) is 6.10 Å². The number of aryl methyl sites for hydroxylation is 2. The third-order valence-electron chi connectivity index (χ3n) is 4.79. The molecule has 7 heteroatoms. The molecule has 0 spiro atoms. The van der Waals surface area contributed by atoms with E-state index in [4.69, 9.17) is 16.3 Å². The van der Waals surface area contributed by atoms with Crippen LogP contribution in [-0.4, -0.2) is 46.4 Å². The minimum absolute atomic E-state index is 0.166. The number of anilines is 1. The highest BCUT2D eigenvalue weighted by atomic mass is 35.5. The van der Waals surface area contributed by atoms with Crippen LogP contribution in [0.3, 0.4) is 0 Å². The fraction of sp³-hybridized carbons (Fsp3) is 0.474. The van der Waals surface area contributed by atoms with Gasteiger partial charge in [0.05, 0.1) is 23.0 Å². The van der Waals surface area contributed by atoms with E-state index in [1.165, 1.54) is 11.3 Å². The second kappa shape index (κ2) is 8.20. The van der Waals surface area contributed by atoms with Gasteiger partial charge in [-0.15, -0.1) is 0 Å². The molecule has 2 heterocycles. The average Bonchev–Trinajstić information content (AvgIpc) is 2.91. The number of nitrogens with zero attached hydrogens (tertiary/aromatic N) is 3. The normalized spacial score (nSPS) is 18.1. The zero-order valence-corrected chi connectivity index (χ0v) is 16.2. The molecule has 1 aliphatic heterocycles. The zero-order chi connectivity index (χ0) is 18.7. The quantitative estimate of drug-likeness (QED) is 0.871. The van der Waals surface area contributed by atoms with Crippen LogP contribution < -0.4 is 5.32 Å². The van der Waals surface area contributed by atoms with Crippen LogP contribution in [0.15, 0.2) is 24.3 Å². The highest BCUT2D eigenvalue weighted by Gasteiger charge is 2.28. The molecule has 0 aliphatic carbocycles. The van der Waals surface area contributed by atoms with Crippen molar-refractivity contribution in [3.05, 3.63) is 46.2 Å². The fourth-order valence-corrected chi connectivity index (χ4v) is 3.46. The van der Waals surface area contributed by atoms with E-state index in [9.17, 15) is 4.79 Å². The number of morpholine rings is 1. The Morgan fingerprint density at radius 1 is 1.38 bits per heavy atom. The molecule has 1 fully saturated rings. The molecule has 1 aromatic heterocycles. The van der Waals surface area contributed by atoms with Gasteiger partial charge in [-0.1, -0.05) is 23.7 Å². The molecule has 0 radical (unpaired) electrons. The molecule has 26 heavy (non-hydrogen) atoms. The van der Waals surface area contributed by atoms with E-state index >= 15 is 0 Å². The molecule has 0 bridgehead atoms. The van der Waals surface area contributed by atoms with Crippen molar-refractivity contribution in [2.24, 2.45) is 0 Å². The first-order valence-corrected chi connectivity index (χ1v) is 9.29. The molecule has 2 aromatic rings. The Morgan fingerprint density at radius 3 is 2.85 bits per heavy atom. The number of aromatic nitrogens is 2. The Morgan fingerprint density at radius 2 is 2.15 bits per heavy atom. The van der Waals surface area contributed by atoms with Crippen LogP contribution in [0.2, 0.25) is 5.02 Å². The van der Waals surface area contributed by atoms with Crippen molar-refractivity contribution in [3.63, 3.8) is 0 Å². The van der Waals surface area contributed by atoms with Gasteiger partial charge in [-0.25, -0.2) is 0 Å². The molecule has 1 saturated heterocycles. The first-order valence-electron chi connectivity index (χ1n) is 8.91. The number of hydrogen-bond acceptors (Lipinski definition) is 4. The molecule has 6 nitrogen and oxygen atoms in total. The van der Waals surface area contributed by atoms with Crippen LogP contribution in [0.4, 0.5) is 5.69 Å². The minimum atomic E-state index is -0.512. The van der Waals surface area contributed by atoms with Gasteiger partial charge in [0.25, 0.3) is 5.91 Å². The van der Waals surface area contributed by atoms with Crippen molar-refractivity contribution in [3.8, 4) is 0 Å². The van der Waals surface area contributed by atoms with Gasteiger partial charge in [0, 0.05) is 37.4 Å². The zero-order valence-electron chi connectivity index (χ0n) is 15.5. The topological polar surface area (TPSA) is 59.4 Å². The number of para-hydroxylation sites is 1. The first kappa shape index (κ1) is 18.9. The number of hydrogen-bond donors (Lipinski definition) is 1. The molecule has 3 rings (SSSR count). The summed E-state index contributed by atoms with van der Waals surface area (Å²) in [5.41, 5.74) is 4.08. The van der Waals surface area contributed by atoms with Gasteiger partial charge >= 0.3 is 0 Å². The maximum Gasteiger partial charge on any atom is 0.254 e. The number of carbonyl (C=O) groups excluding carboxylic acids is 1. The van der Waals surface area contributed by atoms with E-state index in [1.54, 1.807) is 12.1 Å². The molecule has 1 aliphatic rings. The maximum atomic E-state index is 12.6. The summed E-state index contributed by atoms with van der Waals surface area (Å²) < 4.78 is 7.71. The van der Waals surface area contributed by atoms with Gasteiger partial charge in [-0.3, -0.25) is 14.4 Å². The van der Waals surface area contributed by atoms with Gasteiger partial charge in [-0.05, 0) is 32.9 Å². The number of nitrogens with one attached hydrogen (secondary N) is 1. The lowest BCUT2D eigenvalue weighted by molar-refractivity contribution is -0.133. The Balaban J connectivity index is 1.65. The minimum Gasteiger partial charge on any atom is -0.366 e. The molecular formula is C19H25ClN4O2. The molecule has 1 atom stereocenters. The van der Waals surface area contributed by atoms with Crippen LogP contribution in [-0.2, 0) is 22.6 Å². The number of rotatable bonds is 5. The molecule has 0 saturated carbocycles. The summed E-state index contributed by atoms with van der Waals surface area (Å²) in [6.45, 7) is 9.74. The standard InChI is InChI=1S/C19H25ClN4O2/c1-4-24-14(3)15(13(2)22-24)11-23-9-10-26-18(12-23)19(25)21-17-8-6-5-7-16(17)20/h5-8,18H,4,9-12H2,1-3H3,(H,21,25). The summed E-state index contributed by atoms with van der Waals surface area (Å²) in [6.07, 6.45) is -0.512. The number of ether oxygens (including phenoxy) is 1. The summed E-state index contributed by atoms with van der Waals surface area (Å²) in [6, 6.07) is 7.21. The highest BCUT2D eigenvalue weighted by Crippen LogP contribution is 2.22. The second-order valence-electron chi connectivity index (χ2n) is 6.53. The van der Waals surface area contributed by atoms with Crippen LogP contribution in [0.5, 0.6) is 0 Å². The van der Waals surface area contributed by atoms with E-state index in [-0.39, 0.29) is 5.91 Å². The van der Waals surface area contributed by atoms with Crippen LogP contribution in [0, 0.1) is 13.8 Å². The van der Waals surface area contributed by atoms with Gasteiger partial charge in [-0.2, -0.15) is 5.10 Å². The number of halogens is 1. The summed E-state index contributed by atoms with van der Waals surface area (Å²) >= 11 is 6.12. The number of benzene rings is 1. The summed E-state index contributed by atoms with van der Waals surface area (Å²) in [7, 11) is 0. The molecule has 140 valence electrons. The van der Waals surface area contributed by atoms with Gasteiger partial charge in [0.15, 0.2) is 0 Å². The van der Waals surface area contributed by atoms with E-state index in [0.717, 1.165) is 25.3 Å². The first-order chi connectivity index (χ1) is 12.5. The van der Waals surface area contributed by atoms with Crippen LogP contribution in [0.25, 0.3) is 0 Å².